The van der Waals surface area contributed by atoms with E-state index in [-0.39, 0.29) is 12.4 Å². The Hall–Kier alpha value is -2.40. The molecule has 1 heterocycles. The molecule has 1 N–H and O–H groups in total. The normalized spacial score (nSPS) is 10.0. The maximum atomic E-state index is 4.19. The number of anilines is 1. The standard InChI is InChI=1S/C16H17N5.ClH/c1-2-21-19-16(18-20-21)17-12-13-8-10-15(11-9-13)14-6-4-3-5-7-14;/h3-11H,2,12H2,1H3,(H,17,19);1H. The third kappa shape index (κ3) is 3.83. The minimum atomic E-state index is 0. The largest absolute Gasteiger partial charge is 0.348 e. The van der Waals surface area contributed by atoms with Gasteiger partial charge in [0.2, 0.25) is 0 Å². The van der Waals surface area contributed by atoms with Crippen LogP contribution in [0.25, 0.3) is 11.1 Å². The summed E-state index contributed by atoms with van der Waals surface area (Å²) in [5.74, 6) is 0.559. The van der Waals surface area contributed by atoms with Gasteiger partial charge in [0.05, 0.1) is 6.54 Å². The fourth-order valence-corrected chi connectivity index (χ4v) is 2.07. The zero-order valence-corrected chi connectivity index (χ0v) is 13.1. The van der Waals surface area contributed by atoms with Gasteiger partial charge in [-0.05, 0) is 28.8 Å². The van der Waals surface area contributed by atoms with E-state index in [9.17, 15) is 0 Å². The molecule has 0 radical (unpaired) electrons. The first kappa shape index (κ1) is 16.0. The Kier molecular flexibility index (Phi) is 5.49. The van der Waals surface area contributed by atoms with Crippen LogP contribution >= 0.6 is 12.4 Å². The lowest BCUT2D eigenvalue weighted by Gasteiger charge is -2.05. The van der Waals surface area contributed by atoms with Crippen LogP contribution in [0.3, 0.4) is 0 Å². The Morgan fingerprint density at radius 1 is 0.955 bits per heavy atom. The summed E-state index contributed by atoms with van der Waals surface area (Å²) in [4.78, 5) is 1.56. The quantitative estimate of drug-likeness (QED) is 0.784. The lowest BCUT2D eigenvalue weighted by Crippen LogP contribution is -2.02. The van der Waals surface area contributed by atoms with E-state index in [2.05, 4.69) is 57.1 Å². The Balaban J connectivity index is 0.00000176. The molecule has 6 heteroatoms. The van der Waals surface area contributed by atoms with E-state index in [0.29, 0.717) is 12.5 Å². The second-order valence-corrected chi connectivity index (χ2v) is 4.72. The van der Waals surface area contributed by atoms with Crippen molar-refractivity contribution in [2.24, 2.45) is 0 Å². The number of hydrogen-bond donors (Lipinski definition) is 1. The van der Waals surface area contributed by atoms with Crippen LogP contribution in [0.2, 0.25) is 0 Å². The van der Waals surface area contributed by atoms with Gasteiger partial charge in [-0.1, -0.05) is 59.7 Å². The van der Waals surface area contributed by atoms with Gasteiger partial charge < -0.3 is 5.32 Å². The van der Waals surface area contributed by atoms with Crippen molar-refractivity contribution in [2.45, 2.75) is 20.0 Å². The molecule has 0 aliphatic carbocycles. The maximum Gasteiger partial charge on any atom is 0.263 e. The van der Waals surface area contributed by atoms with E-state index in [1.165, 1.54) is 16.7 Å². The van der Waals surface area contributed by atoms with Crippen molar-refractivity contribution in [3.8, 4) is 11.1 Å². The number of hydrogen-bond acceptors (Lipinski definition) is 4. The van der Waals surface area contributed by atoms with Gasteiger partial charge in [0.15, 0.2) is 0 Å². The zero-order chi connectivity index (χ0) is 14.5. The molecular formula is C16H18ClN5. The highest BCUT2D eigenvalue weighted by Gasteiger charge is 2.01. The zero-order valence-electron chi connectivity index (χ0n) is 12.3. The van der Waals surface area contributed by atoms with Crippen LogP contribution in [0.4, 0.5) is 5.95 Å². The number of tetrazole rings is 1. The van der Waals surface area contributed by atoms with Gasteiger partial charge >= 0.3 is 0 Å². The molecule has 0 amide bonds. The number of aromatic nitrogens is 4. The van der Waals surface area contributed by atoms with Gasteiger partial charge in [0.25, 0.3) is 5.95 Å². The summed E-state index contributed by atoms with van der Waals surface area (Å²) >= 11 is 0. The molecule has 0 aliphatic heterocycles. The third-order valence-corrected chi connectivity index (χ3v) is 3.25. The van der Waals surface area contributed by atoms with Crippen LogP contribution in [0, 0.1) is 0 Å². The first-order valence-electron chi connectivity index (χ1n) is 7.01. The summed E-state index contributed by atoms with van der Waals surface area (Å²) in [6.45, 7) is 3.39. The molecule has 3 rings (SSSR count). The summed E-state index contributed by atoms with van der Waals surface area (Å²) in [7, 11) is 0. The number of benzene rings is 2. The first-order chi connectivity index (χ1) is 10.3. The van der Waals surface area contributed by atoms with Gasteiger partial charge in [-0.15, -0.1) is 17.5 Å². The highest BCUT2D eigenvalue weighted by atomic mass is 35.5. The summed E-state index contributed by atoms with van der Waals surface area (Å²) in [6.07, 6.45) is 0. The Labute approximate surface area is 135 Å². The van der Waals surface area contributed by atoms with Crippen molar-refractivity contribution in [3.63, 3.8) is 0 Å². The maximum absolute atomic E-state index is 4.19. The van der Waals surface area contributed by atoms with E-state index in [1.54, 1.807) is 4.80 Å². The van der Waals surface area contributed by atoms with Crippen LogP contribution in [0.5, 0.6) is 0 Å². The van der Waals surface area contributed by atoms with Gasteiger partial charge in [-0.3, -0.25) is 0 Å². The predicted molar refractivity (Wildman–Crippen MR) is 89.9 cm³/mol. The van der Waals surface area contributed by atoms with Crippen molar-refractivity contribution in [1.29, 1.82) is 0 Å². The summed E-state index contributed by atoms with van der Waals surface area (Å²) in [5, 5.41) is 15.2. The molecule has 22 heavy (non-hydrogen) atoms. The van der Waals surface area contributed by atoms with E-state index < -0.39 is 0 Å². The minimum Gasteiger partial charge on any atom is -0.348 e. The van der Waals surface area contributed by atoms with Crippen LogP contribution in [0.1, 0.15) is 12.5 Å². The molecule has 0 spiro atoms. The minimum absolute atomic E-state index is 0. The predicted octanol–water partition coefficient (Wildman–Crippen LogP) is 3.39. The van der Waals surface area contributed by atoms with Gasteiger partial charge in [-0.25, -0.2) is 0 Å². The molecule has 0 bridgehead atoms. The van der Waals surface area contributed by atoms with E-state index >= 15 is 0 Å². The molecule has 0 fully saturated rings. The number of halogens is 1. The molecule has 2 aromatic carbocycles. The van der Waals surface area contributed by atoms with Crippen LogP contribution < -0.4 is 5.32 Å². The van der Waals surface area contributed by atoms with E-state index in [1.807, 2.05) is 25.1 Å². The van der Waals surface area contributed by atoms with E-state index in [4.69, 9.17) is 0 Å². The fraction of sp³-hybridized carbons (Fsp3) is 0.188. The monoisotopic (exact) mass is 315 g/mol. The Morgan fingerprint density at radius 3 is 2.27 bits per heavy atom. The molecule has 0 unspecified atom stereocenters. The van der Waals surface area contributed by atoms with Gasteiger partial charge in [0, 0.05) is 6.54 Å². The van der Waals surface area contributed by atoms with Crippen molar-refractivity contribution in [2.75, 3.05) is 5.32 Å². The number of rotatable bonds is 5. The lowest BCUT2D eigenvalue weighted by molar-refractivity contribution is 0.552. The Morgan fingerprint density at radius 2 is 1.64 bits per heavy atom. The molecule has 5 nitrogen and oxygen atoms in total. The Bertz CT molecular complexity index is 694. The third-order valence-electron chi connectivity index (χ3n) is 3.25. The lowest BCUT2D eigenvalue weighted by atomic mass is 10.0. The summed E-state index contributed by atoms with van der Waals surface area (Å²) < 4.78 is 0. The average Bonchev–Trinajstić information content (AvgIpc) is 3.02. The first-order valence-corrected chi connectivity index (χ1v) is 7.01. The van der Waals surface area contributed by atoms with Crippen molar-refractivity contribution >= 4 is 18.4 Å². The van der Waals surface area contributed by atoms with Crippen LogP contribution in [-0.2, 0) is 13.1 Å². The summed E-state index contributed by atoms with van der Waals surface area (Å²) in [6, 6.07) is 18.8. The SMILES string of the molecule is CCn1nnc(NCc2ccc(-c3ccccc3)cc2)n1.Cl. The highest BCUT2D eigenvalue weighted by molar-refractivity contribution is 5.85. The molecule has 3 aromatic rings. The molecule has 1 aromatic heterocycles. The van der Waals surface area contributed by atoms with Crippen LogP contribution in [-0.4, -0.2) is 20.2 Å². The smallest absolute Gasteiger partial charge is 0.263 e. The van der Waals surface area contributed by atoms with Gasteiger partial charge in [-0.2, -0.15) is 4.80 Å². The topological polar surface area (TPSA) is 55.6 Å². The number of nitrogens with one attached hydrogen (secondary N) is 1. The molecule has 0 saturated heterocycles. The van der Waals surface area contributed by atoms with E-state index in [0.717, 1.165) is 6.54 Å². The summed E-state index contributed by atoms with van der Waals surface area (Å²) in [5.41, 5.74) is 3.63. The average molecular weight is 316 g/mol. The molecule has 0 atom stereocenters. The van der Waals surface area contributed by atoms with Crippen molar-refractivity contribution < 1.29 is 0 Å². The van der Waals surface area contributed by atoms with Crippen molar-refractivity contribution in [1.82, 2.24) is 20.2 Å². The molecular weight excluding hydrogens is 298 g/mol. The fourth-order valence-electron chi connectivity index (χ4n) is 2.07. The second kappa shape index (κ2) is 7.56. The molecule has 0 saturated carbocycles. The van der Waals surface area contributed by atoms with Crippen LogP contribution in [0.15, 0.2) is 54.6 Å². The molecule has 0 aliphatic rings. The molecule has 114 valence electrons. The number of aryl methyl sites for hydroxylation is 1. The highest BCUT2D eigenvalue weighted by Crippen LogP contribution is 2.19. The van der Waals surface area contributed by atoms with Crippen molar-refractivity contribution in [3.05, 3.63) is 60.2 Å². The second-order valence-electron chi connectivity index (χ2n) is 4.72. The van der Waals surface area contributed by atoms with Gasteiger partial charge in [0.1, 0.15) is 0 Å². The number of nitrogens with zero attached hydrogens (tertiary/aromatic N) is 4.